The number of anilines is 3. The molecular formula is C34H54ClN7O7. The van der Waals surface area contributed by atoms with Gasteiger partial charge in [0.25, 0.3) is 0 Å². The summed E-state index contributed by atoms with van der Waals surface area (Å²) in [5.41, 5.74) is 0.555. The Bertz CT molecular complexity index is 1260. The number of hydrogen-bond donors (Lipinski definition) is 2. The van der Waals surface area contributed by atoms with Gasteiger partial charge in [-0.3, -0.25) is 4.79 Å². The van der Waals surface area contributed by atoms with Crippen molar-refractivity contribution in [3.8, 4) is 5.75 Å². The van der Waals surface area contributed by atoms with E-state index in [0.29, 0.717) is 69.9 Å². The van der Waals surface area contributed by atoms with E-state index >= 15 is 0 Å². The number of ether oxygens (including phenoxy) is 5. The largest absolute Gasteiger partial charge is 0.425 e. The summed E-state index contributed by atoms with van der Waals surface area (Å²) >= 11 is 6.56. The number of piperidine rings is 1. The van der Waals surface area contributed by atoms with Crippen molar-refractivity contribution in [2.75, 3.05) is 96.6 Å². The molecule has 1 aromatic heterocycles. The lowest BCUT2D eigenvalue weighted by atomic mass is 9.99. The molecule has 49 heavy (non-hydrogen) atoms. The molecule has 1 aliphatic heterocycles. The van der Waals surface area contributed by atoms with Gasteiger partial charge in [-0.05, 0) is 64.0 Å². The van der Waals surface area contributed by atoms with Gasteiger partial charge in [-0.2, -0.15) is 15.0 Å². The highest BCUT2D eigenvalue weighted by atomic mass is 35.5. The van der Waals surface area contributed by atoms with Crippen LogP contribution in [0.1, 0.15) is 69.5 Å². The van der Waals surface area contributed by atoms with E-state index < -0.39 is 5.97 Å². The van der Waals surface area contributed by atoms with Crippen molar-refractivity contribution in [3.05, 3.63) is 29.0 Å². The third-order valence-electron chi connectivity index (χ3n) is 8.84. The molecule has 4 rings (SSSR count). The van der Waals surface area contributed by atoms with Crippen LogP contribution in [0.25, 0.3) is 0 Å². The molecule has 1 saturated heterocycles. The number of nitrogens with zero attached hydrogens (tertiary/aromatic N) is 6. The number of carbonyl (C=O) groups is 1. The summed E-state index contributed by atoms with van der Waals surface area (Å²) < 4.78 is 26.9. The van der Waals surface area contributed by atoms with E-state index in [0.717, 1.165) is 57.4 Å². The number of carbonyl (C=O) groups excluding carboxylic acids is 1. The second-order valence-electron chi connectivity index (χ2n) is 12.5. The minimum atomic E-state index is -0.468. The average Bonchev–Trinajstić information content (AvgIpc) is 3.41. The molecule has 1 aromatic carbocycles. The quantitative estimate of drug-likeness (QED) is 0.0510. The normalized spacial score (nSPS) is 16.4. The highest BCUT2D eigenvalue weighted by Gasteiger charge is 2.26. The van der Waals surface area contributed by atoms with Crippen LogP contribution in [0.5, 0.6) is 5.75 Å². The molecule has 274 valence electrons. The highest BCUT2D eigenvalue weighted by molar-refractivity contribution is 6.32. The molecule has 2 fully saturated rings. The van der Waals surface area contributed by atoms with Crippen molar-refractivity contribution in [2.24, 2.45) is 5.84 Å². The Kier molecular flexibility index (Phi) is 17.2. The highest BCUT2D eigenvalue weighted by Crippen LogP contribution is 2.34. The van der Waals surface area contributed by atoms with Crippen LogP contribution in [0.15, 0.2) is 18.2 Å². The molecule has 1 aliphatic carbocycles. The van der Waals surface area contributed by atoms with Gasteiger partial charge in [-0.15, -0.1) is 0 Å². The summed E-state index contributed by atoms with van der Waals surface area (Å²) in [6.45, 7) is 4.99. The molecule has 3 N–H and O–H groups in total. The molecule has 0 radical (unpaired) electrons. The predicted molar refractivity (Wildman–Crippen MR) is 188 cm³/mol. The third-order valence-corrected chi connectivity index (χ3v) is 9.13. The van der Waals surface area contributed by atoms with Crippen molar-refractivity contribution in [3.63, 3.8) is 0 Å². The molecule has 15 heteroatoms. The molecule has 0 bridgehead atoms. The monoisotopic (exact) mass is 707 g/mol. The van der Waals surface area contributed by atoms with E-state index in [4.69, 9.17) is 61.2 Å². The molecule has 0 atom stereocenters. The number of aromatic nitrogens is 3. The Hall–Kier alpha value is -2.69. The van der Waals surface area contributed by atoms with Crippen LogP contribution in [-0.2, 0) is 23.7 Å². The minimum absolute atomic E-state index is 0.00192. The smallest absolute Gasteiger partial charge is 0.313 e. The maximum atomic E-state index is 12.5. The number of rotatable bonds is 20. The first kappa shape index (κ1) is 39.1. The number of likely N-dealkylation sites (tertiary alicyclic amines) is 1. The zero-order valence-corrected chi connectivity index (χ0v) is 29.8. The number of hydrazine groups is 1. The number of hydrogen-bond acceptors (Lipinski definition) is 14. The van der Waals surface area contributed by atoms with Gasteiger partial charge in [0, 0.05) is 19.0 Å². The second kappa shape index (κ2) is 21.5. The number of nitrogens with two attached hydrogens (primary N) is 1. The van der Waals surface area contributed by atoms with Crippen molar-refractivity contribution < 1.29 is 33.6 Å². The number of halogens is 1. The molecule has 2 aromatic rings. The van der Waals surface area contributed by atoms with Crippen LogP contribution < -0.4 is 20.5 Å². The SMILES string of the molecule is CN1CCC(N(C)c2nc(C3CCCCCC3)nc(N(N)c3ccc(OC(=O)CCOCCOCCOCCOCCO)c(Cl)c3)n2)CC1. The summed E-state index contributed by atoms with van der Waals surface area (Å²) in [6, 6.07) is 5.31. The lowest BCUT2D eigenvalue weighted by Gasteiger charge is -2.35. The van der Waals surface area contributed by atoms with Crippen molar-refractivity contribution in [1.29, 1.82) is 0 Å². The fourth-order valence-electron chi connectivity index (χ4n) is 5.89. The van der Waals surface area contributed by atoms with E-state index in [-0.39, 0.29) is 36.3 Å². The Balaban J connectivity index is 1.28. The number of aliphatic hydroxyl groups is 1. The van der Waals surface area contributed by atoms with Gasteiger partial charge in [0.05, 0.1) is 76.6 Å². The number of aliphatic hydroxyl groups excluding tert-OH is 1. The first-order valence-electron chi connectivity index (χ1n) is 17.5. The lowest BCUT2D eigenvalue weighted by molar-refractivity contribution is -0.135. The van der Waals surface area contributed by atoms with Crippen LogP contribution in [0.4, 0.5) is 17.6 Å². The Morgan fingerprint density at radius 3 is 2.08 bits per heavy atom. The van der Waals surface area contributed by atoms with E-state index in [1.165, 1.54) is 17.9 Å². The van der Waals surface area contributed by atoms with E-state index in [2.05, 4.69) is 23.9 Å². The van der Waals surface area contributed by atoms with E-state index in [1.807, 2.05) is 0 Å². The molecule has 2 aliphatic rings. The summed E-state index contributed by atoms with van der Waals surface area (Å²) in [6.07, 6.45) is 9.03. The number of benzene rings is 1. The van der Waals surface area contributed by atoms with Crippen LogP contribution in [0.2, 0.25) is 5.02 Å². The molecule has 0 unspecified atom stereocenters. The van der Waals surface area contributed by atoms with E-state index in [9.17, 15) is 4.79 Å². The third kappa shape index (κ3) is 13.2. The summed E-state index contributed by atoms with van der Waals surface area (Å²) in [5, 5.41) is 10.3. The average molecular weight is 708 g/mol. The van der Waals surface area contributed by atoms with Crippen LogP contribution in [-0.4, -0.2) is 124 Å². The van der Waals surface area contributed by atoms with Gasteiger partial charge >= 0.3 is 5.97 Å². The van der Waals surface area contributed by atoms with Gasteiger partial charge in [-0.25, -0.2) is 10.9 Å². The van der Waals surface area contributed by atoms with Crippen molar-refractivity contribution in [2.45, 2.75) is 69.7 Å². The first-order chi connectivity index (χ1) is 23.9. The first-order valence-corrected chi connectivity index (χ1v) is 17.9. The summed E-state index contributed by atoms with van der Waals surface area (Å²) in [5.74, 6) is 8.42. The van der Waals surface area contributed by atoms with Crippen LogP contribution in [0, 0.1) is 0 Å². The number of esters is 1. The van der Waals surface area contributed by atoms with Crippen LogP contribution >= 0.6 is 11.6 Å². The maximum absolute atomic E-state index is 12.5. The minimum Gasteiger partial charge on any atom is -0.425 e. The Labute approximate surface area is 295 Å². The zero-order valence-electron chi connectivity index (χ0n) is 29.1. The molecule has 0 spiro atoms. The second-order valence-corrected chi connectivity index (χ2v) is 12.9. The van der Waals surface area contributed by atoms with Crippen molar-refractivity contribution >= 4 is 35.2 Å². The topological polar surface area (TPSA) is 158 Å². The standard InChI is InChI=1S/C34H54ClN7O7/c1-40-14-11-27(12-15-40)41(2)33-37-32(26-7-5-3-4-6-8-26)38-34(39-33)42(36)28-9-10-30(29(35)25-28)49-31(44)13-17-45-19-21-47-23-24-48-22-20-46-18-16-43/h9-10,25-27,43H,3-8,11-24,36H2,1-2H3. The molecule has 0 amide bonds. The molecule has 14 nitrogen and oxygen atoms in total. The van der Waals surface area contributed by atoms with Gasteiger partial charge in [-0.1, -0.05) is 37.3 Å². The van der Waals surface area contributed by atoms with E-state index in [1.54, 1.807) is 18.2 Å². The maximum Gasteiger partial charge on any atom is 0.313 e. The zero-order chi connectivity index (χ0) is 34.8. The van der Waals surface area contributed by atoms with Gasteiger partial charge < -0.3 is 38.6 Å². The van der Waals surface area contributed by atoms with Crippen molar-refractivity contribution in [1.82, 2.24) is 19.9 Å². The summed E-state index contributed by atoms with van der Waals surface area (Å²) in [7, 11) is 4.21. The van der Waals surface area contributed by atoms with Gasteiger partial charge in [0.2, 0.25) is 11.9 Å². The Morgan fingerprint density at radius 1 is 0.878 bits per heavy atom. The lowest BCUT2D eigenvalue weighted by Crippen LogP contribution is -2.43. The Morgan fingerprint density at radius 2 is 1.47 bits per heavy atom. The molecule has 2 heterocycles. The van der Waals surface area contributed by atoms with Crippen LogP contribution in [0.3, 0.4) is 0 Å². The predicted octanol–water partition coefficient (Wildman–Crippen LogP) is 3.86. The molecule has 1 saturated carbocycles. The van der Waals surface area contributed by atoms with Gasteiger partial charge in [0.1, 0.15) is 11.6 Å². The summed E-state index contributed by atoms with van der Waals surface area (Å²) in [4.78, 5) is 31.7. The molecular weight excluding hydrogens is 654 g/mol. The fraction of sp³-hybridized carbons (Fsp3) is 0.706. The van der Waals surface area contributed by atoms with Gasteiger partial charge in [0.15, 0.2) is 0 Å². The fourth-order valence-corrected chi connectivity index (χ4v) is 6.11.